The number of benzene rings is 2. The Morgan fingerprint density at radius 1 is 0.967 bits per heavy atom. The van der Waals surface area contributed by atoms with E-state index in [4.69, 9.17) is 4.74 Å². The highest BCUT2D eigenvalue weighted by Gasteiger charge is 2.34. The average Bonchev–Trinajstić information content (AvgIpc) is 3.24. The van der Waals surface area contributed by atoms with Gasteiger partial charge in [-0.3, -0.25) is 14.5 Å². The highest BCUT2D eigenvalue weighted by atomic mass is 32.2. The zero-order valence-electron chi connectivity index (χ0n) is 17.0. The number of hydrogen-bond donors (Lipinski definition) is 1. The molecule has 2 aromatic carbocycles. The number of para-hydroxylation sites is 1. The first kappa shape index (κ1) is 20.8. The lowest BCUT2D eigenvalue weighted by molar-refractivity contribution is -0.136. The van der Waals surface area contributed by atoms with Crippen molar-refractivity contribution >= 4 is 29.3 Å². The van der Waals surface area contributed by atoms with Gasteiger partial charge in [-0.05, 0) is 55.8 Å². The van der Waals surface area contributed by atoms with Gasteiger partial charge in [0, 0.05) is 30.3 Å². The lowest BCUT2D eigenvalue weighted by Gasteiger charge is -2.32. The van der Waals surface area contributed by atoms with E-state index in [0.717, 1.165) is 55.4 Å². The molecule has 0 radical (unpaired) electrons. The number of anilines is 1. The molecule has 1 N–H and O–H groups in total. The number of carbonyl (C=O) groups is 2. The summed E-state index contributed by atoms with van der Waals surface area (Å²) < 4.78 is 5.78. The highest BCUT2D eigenvalue weighted by Crippen LogP contribution is 2.24. The number of carbonyl (C=O) groups excluding carboxylic acids is 2. The van der Waals surface area contributed by atoms with Gasteiger partial charge >= 0.3 is 0 Å². The monoisotopic (exact) mass is 425 g/mol. The molecule has 2 aliphatic rings. The second-order valence-corrected chi connectivity index (χ2v) is 8.78. The fourth-order valence-corrected chi connectivity index (χ4v) is 4.81. The van der Waals surface area contributed by atoms with Crippen molar-refractivity contribution in [3.05, 3.63) is 54.6 Å². The number of thioether (sulfide) groups is 1. The maximum Gasteiger partial charge on any atom is 0.239 e. The van der Waals surface area contributed by atoms with Crippen molar-refractivity contribution < 1.29 is 14.3 Å². The van der Waals surface area contributed by atoms with Crippen LogP contribution >= 0.6 is 11.8 Å². The van der Waals surface area contributed by atoms with Crippen LogP contribution in [0.4, 0.5) is 5.69 Å². The zero-order valence-corrected chi connectivity index (χ0v) is 17.8. The molecule has 2 saturated heterocycles. The second-order valence-electron chi connectivity index (χ2n) is 7.55. The fourth-order valence-electron chi connectivity index (χ4n) is 3.91. The first-order chi connectivity index (χ1) is 14.7. The number of hydrogen-bond acceptors (Lipinski definition) is 5. The third kappa shape index (κ3) is 5.34. The van der Waals surface area contributed by atoms with Gasteiger partial charge in [-0.15, -0.1) is 0 Å². The minimum absolute atomic E-state index is 0.0966. The molecular weight excluding hydrogens is 398 g/mol. The van der Waals surface area contributed by atoms with E-state index < -0.39 is 0 Å². The van der Waals surface area contributed by atoms with Crippen LogP contribution in [0.1, 0.15) is 12.8 Å². The van der Waals surface area contributed by atoms with E-state index in [-0.39, 0.29) is 24.4 Å². The van der Waals surface area contributed by atoms with Gasteiger partial charge < -0.3 is 15.0 Å². The van der Waals surface area contributed by atoms with Gasteiger partial charge in [0.05, 0.1) is 12.6 Å². The Balaban J connectivity index is 1.29. The molecular formula is C23H27N3O3S. The highest BCUT2D eigenvalue weighted by molar-refractivity contribution is 7.99. The van der Waals surface area contributed by atoms with Crippen molar-refractivity contribution in [2.75, 3.05) is 43.0 Å². The lowest BCUT2D eigenvalue weighted by Crippen LogP contribution is -2.49. The van der Waals surface area contributed by atoms with Gasteiger partial charge in [0.25, 0.3) is 0 Å². The molecule has 4 rings (SSSR count). The van der Waals surface area contributed by atoms with Crippen LogP contribution in [0.5, 0.6) is 11.5 Å². The lowest BCUT2D eigenvalue weighted by atomic mass is 10.2. The quantitative estimate of drug-likeness (QED) is 0.768. The molecule has 2 aliphatic heterocycles. The molecule has 6 nitrogen and oxygen atoms in total. The molecule has 0 bridgehead atoms. The minimum atomic E-state index is -0.166. The van der Waals surface area contributed by atoms with Crippen LogP contribution in [0, 0.1) is 0 Å². The molecule has 0 saturated carbocycles. The molecule has 30 heavy (non-hydrogen) atoms. The van der Waals surface area contributed by atoms with Crippen molar-refractivity contribution in [2.24, 2.45) is 0 Å². The number of amides is 2. The predicted octanol–water partition coefficient (Wildman–Crippen LogP) is 3.46. The Morgan fingerprint density at radius 2 is 1.67 bits per heavy atom. The Hall–Kier alpha value is -2.51. The van der Waals surface area contributed by atoms with E-state index in [1.54, 1.807) is 0 Å². The summed E-state index contributed by atoms with van der Waals surface area (Å²) in [5.41, 5.74) is 0.718. The van der Waals surface area contributed by atoms with Crippen LogP contribution in [0.3, 0.4) is 0 Å². The fraction of sp³-hybridized carbons (Fsp3) is 0.391. The van der Waals surface area contributed by atoms with Gasteiger partial charge in [-0.25, -0.2) is 0 Å². The third-order valence-corrected chi connectivity index (χ3v) is 6.38. The van der Waals surface area contributed by atoms with Crippen molar-refractivity contribution in [1.29, 1.82) is 0 Å². The SMILES string of the molecule is O=C(CN1CCCC1C(=O)N1CCSCC1)Nc1ccc(Oc2ccccc2)cc1. The predicted molar refractivity (Wildman–Crippen MR) is 120 cm³/mol. The Labute approximate surface area is 181 Å². The largest absolute Gasteiger partial charge is 0.457 e. The number of nitrogens with zero attached hydrogens (tertiary/aromatic N) is 2. The van der Waals surface area contributed by atoms with Gasteiger partial charge in [0.1, 0.15) is 11.5 Å². The molecule has 0 aromatic heterocycles. The standard InChI is InChI=1S/C23H27N3O3S/c27-22(17-26-12-4-7-21(26)23(28)25-13-15-30-16-14-25)24-18-8-10-20(11-9-18)29-19-5-2-1-3-6-19/h1-3,5-6,8-11,21H,4,7,12-17H2,(H,24,27). The summed E-state index contributed by atoms with van der Waals surface area (Å²) in [5.74, 6) is 3.57. The number of likely N-dealkylation sites (tertiary alicyclic amines) is 1. The molecule has 7 heteroatoms. The number of nitrogens with one attached hydrogen (secondary N) is 1. The first-order valence-electron chi connectivity index (χ1n) is 10.4. The molecule has 0 spiro atoms. The minimum Gasteiger partial charge on any atom is -0.457 e. The van der Waals surface area contributed by atoms with Crippen molar-refractivity contribution in [3.63, 3.8) is 0 Å². The summed E-state index contributed by atoms with van der Waals surface area (Å²) in [6.45, 7) is 2.66. The van der Waals surface area contributed by atoms with E-state index in [2.05, 4.69) is 5.32 Å². The van der Waals surface area contributed by atoms with E-state index in [9.17, 15) is 9.59 Å². The maximum absolute atomic E-state index is 12.9. The second kappa shape index (κ2) is 10.00. The van der Waals surface area contributed by atoms with Gasteiger partial charge in [0.15, 0.2) is 0 Å². The van der Waals surface area contributed by atoms with E-state index in [1.807, 2.05) is 76.2 Å². The maximum atomic E-state index is 12.9. The number of rotatable bonds is 6. The van der Waals surface area contributed by atoms with Gasteiger partial charge in [-0.2, -0.15) is 11.8 Å². The van der Waals surface area contributed by atoms with Crippen LogP contribution in [-0.2, 0) is 9.59 Å². The van der Waals surface area contributed by atoms with Crippen molar-refractivity contribution in [1.82, 2.24) is 9.80 Å². The van der Waals surface area contributed by atoms with Crippen LogP contribution < -0.4 is 10.1 Å². The summed E-state index contributed by atoms with van der Waals surface area (Å²) in [5, 5.41) is 2.93. The Morgan fingerprint density at radius 3 is 2.40 bits per heavy atom. The smallest absolute Gasteiger partial charge is 0.239 e. The topological polar surface area (TPSA) is 61.9 Å². The molecule has 158 valence electrons. The van der Waals surface area contributed by atoms with Crippen LogP contribution in [0.25, 0.3) is 0 Å². The third-order valence-electron chi connectivity index (χ3n) is 5.44. The Bertz CT molecular complexity index is 854. The molecule has 1 unspecified atom stereocenters. The van der Waals surface area contributed by atoms with E-state index in [1.165, 1.54) is 0 Å². The van der Waals surface area contributed by atoms with Crippen molar-refractivity contribution in [2.45, 2.75) is 18.9 Å². The Kier molecular flexibility index (Phi) is 6.92. The molecule has 1 atom stereocenters. The summed E-state index contributed by atoms with van der Waals surface area (Å²) >= 11 is 1.89. The van der Waals surface area contributed by atoms with E-state index in [0.29, 0.717) is 5.75 Å². The number of ether oxygens (including phenoxy) is 1. The first-order valence-corrected chi connectivity index (χ1v) is 11.6. The van der Waals surface area contributed by atoms with Gasteiger partial charge in [-0.1, -0.05) is 18.2 Å². The zero-order chi connectivity index (χ0) is 20.8. The normalized spacial score (nSPS) is 19.5. The van der Waals surface area contributed by atoms with Crippen molar-refractivity contribution in [3.8, 4) is 11.5 Å². The van der Waals surface area contributed by atoms with Crippen LogP contribution in [0.2, 0.25) is 0 Å². The molecule has 2 fully saturated rings. The molecule has 2 heterocycles. The molecule has 0 aliphatic carbocycles. The summed E-state index contributed by atoms with van der Waals surface area (Å²) in [7, 11) is 0. The molecule has 2 amide bonds. The van der Waals surface area contributed by atoms with Gasteiger partial charge in [0.2, 0.25) is 11.8 Å². The summed E-state index contributed by atoms with van der Waals surface area (Å²) in [6, 6.07) is 16.7. The summed E-state index contributed by atoms with van der Waals surface area (Å²) in [6.07, 6.45) is 1.79. The van der Waals surface area contributed by atoms with Crippen LogP contribution in [-0.4, -0.2) is 65.3 Å². The summed E-state index contributed by atoms with van der Waals surface area (Å²) in [4.78, 5) is 29.4. The van der Waals surface area contributed by atoms with E-state index >= 15 is 0 Å². The molecule has 2 aromatic rings. The van der Waals surface area contributed by atoms with Crippen LogP contribution in [0.15, 0.2) is 54.6 Å². The average molecular weight is 426 g/mol.